The fourth-order valence-corrected chi connectivity index (χ4v) is 5.94. The van der Waals surface area contributed by atoms with E-state index < -0.39 is 34.9 Å². The van der Waals surface area contributed by atoms with Crippen molar-refractivity contribution in [3.63, 3.8) is 0 Å². The number of carbonyl (C=O) groups is 2. The molecule has 1 aliphatic rings. The predicted octanol–water partition coefficient (Wildman–Crippen LogP) is 2.05. The van der Waals surface area contributed by atoms with Crippen LogP contribution in [0.1, 0.15) is 18.9 Å². The number of hydrogen-bond donors (Lipinski definition) is 2. The number of rotatable bonds is 10. The van der Waals surface area contributed by atoms with Crippen LogP contribution < -0.4 is 19.7 Å². The highest BCUT2D eigenvalue weighted by Gasteiger charge is 2.43. The molecular weight excluding hydrogens is 560 g/mol. The van der Waals surface area contributed by atoms with Gasteiger partial charge in [0.05, 0.1) is 30.6 Å². The second-order valence-electron chi connectivity index (χ2n) is 9.37. The third kappa shape index (κ3) is 5.70. The normalized spacial score (nSPS) is 15.9. The monoisotopic (exact) mass is 590 g/mol. The predicted molar refractivity (Wildman–Crippen MR) is 153 cm³/mol. The van der Waals surface area contributed by atoms with Crippen molar-refractivity contribution in [2.45, 2.75) is 31.8 Å². The zero-order valence-electron chi connectivity index (χ0n) is 22.5. The van der Waals surface area contributed by atoms with Crippen LogP contribution in [0.15, 0.2) is 36.7 Å². The summed E-state index contributed by atoms with van der Waals surface area (Å²) in [6.07, 6.45) is 3.16. The van der Waals surface area contributed by atoms with E-state index in [1.807, 2.05) is 6.07 Å². The molecule has 214 valence electrons. The number of amides is 1. The summed E-state index contributed by atoms with van der Waals surface area (Å²) >= 11 is 6.33. The second-order valence-corrected chi connectivity index (χ2v) is 10.7. The number of pyridine rings is 2. The van der Waals surface area contributed by atoms with Crippen molar-refractivity contribution >= 4 is 62.5 Å². The summed E-state index contributed by atoms with van der Waals surface area (Å²) in [7, 11) is 1.77. The molecule has 1 saturated heterocycles. The van der Waals surface area contributed by atoms with E-state index in [9.17, 15) is 18.0 Å². The number of ether oxygens (including phenoxy) is 2. The fraction of sp³-hybridized carbons (Fsp3) is 0.385. The maximum Gasteiger partial charge on any atom is 0.329 e. The van der Waals surface area contributed by atoms with Crippen LogP contribution in [-0.4, -0.2) is 81.6 Å². The number of likely N-dealkylation sites (tertiary alicyclic amines) is 1. The number of aromatic nitrogens is 2. The Hall–Kier alpha value is -3.84. The quantitative estimate of drug-likeness (QED) is 0.265. The molecule has 3 aromatic rings. The zero-order chi connectivity index (χ0) is 29.1. The van der Waals surface area contributed by atoms with E-state index in [2.05, 4.69) is 9.97 Å². The van der Waals surface area contributed by atoms with Crippen LogP contribution in [0.3, 0.4) is 0 Å². The molecule has 12 nitrogen and oxygen atoms in total. The van der Waals surface area contributed by atoms with Crippen molar-refractivity contribution in [2.75, 3.05) is 49.3 Å². The molecule has 1 aliphatic heterocycles. The van der Waals surface area contributed by atoms with Crippen molar-refractivity contribution in [1.29, 1.82) is 0 Å². The van der Waals surface area contributed by atoms with Gasteiger partial charge in [0.1, 0.15) is 29.5 Å². The summed E-state index contributed by atoms with van der Waals surface area (Å²) in [6, 6.07) is 4.71. The number of benzene rings is 1. The number of halogens is 1. The largest absolute Gasteiger partial charge is 0.496 e. The number of carbonyl (C=O) groups excluding carboxylic acids is 2. The van der Waals surface area contributed by atoms with E-state index in [0.717, 1.165) is 9.69 Å². The van der Waals surface area contributed by atoms with Gasteiger partial charge in [0, 0.05) is 38.6 Å². The Labute approximate surface area is 238 Å². The molecule has 0 unspecified atom stereocenters. The van der Waals surface area contributed by atoms with E-state index in [-0.39, 0.29) is 36.7 Å². The lowest BCUT2D eigenvalue weighted by molar-refractivity contribution is -0.153. The molecule has 0 radical (unpaired) electrons. The number of anilines is 3. The average Bonchev–Trinajstić information content (AvgIpc) is 3.27. The van der Waals surface area contributed by atoms with E-state index in [1.54, 1.807) is 44.2 Å². The number of fused-ring (bicyclic) bond motifs is 1. The van der Waals surface area contributed by atoms with Crippen molar-refractivity contribution in [3.05, 3.63) is 47.2 Å². The van der Waals surface area contributed by atoms with Gasteiger partial charge < -0.3 is 25.0 Å². The van der Waals surface area contributed by atoms with E-state index in [4.69, 9.17) is 26.8 Å². The maximum atomic E-state index is 13.7. The number of nitrogens with two attached hydrogens (primary N) is 1. The topological polar surface area (TPSA) is 148 Å². The smallest absolute Gasteiger partial charge is 0.329 e. The molecule has 14 heteroatoms. The van der Waals surface area contributed by atoms with Crippen LogP contribution in [0.25, 0.3) is 10.8 Å². The number of nitrogens with zero attached hydrogens (tertiary/aromatic N) is 5. The van der Waals surface area contributed by atoms with Crippen molar-refractivity contribution in [3.8, 4) is 5.75 Å². The lowest BCUT2D eigenvalue weighted by Crippen LogP contribution is -2.48. The second kappa shape index (κ2) is 12.1. The summed E-state index contributed by atoms with van der Waals surface area (Å²) in [4.78, 5) is 38.3. The highest BCUT2D eigenvalue weighted by atomic mass is 35.5. The Morgan fingerprint density at radius 1 is 1.27 bits per heavy atom. The summed E-state index contributed by atoms with van der Waals surface area (Å²) < 4.78 is 36.7. The molecule has 40 heavy (non-hydrogen) atoms. The van der Waals surface area contributed by atoms with Gasteiger partial charge in [-0.25, -0.2) is 23.2 Å². The summed E-state index contributed by atoms with van der Waals surface area (Å²) in [6.45, 7) is 1.92. The molecule has 3 heterocycles. The van der Waals surface area contributed by atoms with Crippen LogP contribution in [-0.2, 0) is 31.6 Å². The third-order valence-corrected chi connectivity index (χ3v) is 7.86. The van der Waals surface area contributed by atoms with Crippen LogP contribution in [0.2, 0.25) is 5.02 Å². The Morgan fingerprint density at radius 3 is 2.65 bits per heavy atom. The first-order chi connectivity index (χ1) is 19.1. The molecule has 0 spiro atoms. The minimum Gasteiger partial charge on any atom is -0.496 e. The molecule has 0 bridgehead atoms. The molecule has 2 N–H and O–H groups in total. The molecule has 0 aliphatic carbocycles. The molecule has 2 atom stereocenters. The Bertz CT molecular complexity index is 1510. The third-order valence-electron chi connectivity index (χ3n) is 6.72. The van der Waals surface area contributed by atoms with Gasteiger partial charge in [0.15, 0.2) is 0 Å². The number of thiol groups is 1. The number of hydrogen-bond acceptors (Lipinski definition) is 10. The average molecular weight is 591 g/mol. The Balaban J connectivity index is 1.68. The number of nitrogen functional groups attached to an aromatic ring is 1. The molecule has 1 amide bonds. The fourth-order valence-electron chi connectivity index (χ4n) is 4.87. The number of esters is 1. The van der Waals surface area contributed by atoms with Gasteiger partial charge >= 0.3 is 5.97 Å². The summed E-state index contributed by atoms with van der Waals surface area (Å²) in [5.74, 6) is 0.122. The van der Waals surface area contributed by atoms with Crippen LogP contribution in [0, 0.1) is 0 Å². The molecule has 0 saturated carbocycles. The van der Waals surface area contributed by atoms with Crippen LogP contribution in [0.4, 0.5) is 17.3 Å². The Morgan fingerprint density at radius 2 is 2.02 bits per heavy atom. The van der Waals surface area contributed by atoms with E-state index in [1.165, 1.54) is 24.3 Å². The number of methoxy groups -OCH3 is 1. The standard InChI is InChI=1S/C26H31ClN6O6S/c1-5-39-26(35)21(11-16-10-15-6-8-29-23(28)18(15)13-22(16)38-4)32-9-7-20(25(32)34)33(40(36)37)17-12-19(27)24(30-14-17)31(2)3/h6,8,10,12-14,20-21,40H,5,7,9,11H2,1-4H3,(H2,28,29)/t20-,21+/m0/s1. The minimum absolute atomic E-state index is 0.0764. The van der Waals surface area contributed by atoms with Gasteiger partial charge in [-0.1, -0.05) is 11.6 Å². The zero-order valence-corrected chi connectivity index (χ0v) is 24.2. The van der Waals surface area contributed by atoms with Crippen molar-refractivity contribution in [1.82, 2.24) is 14.9 Å². The molecule has 2 aromatic heterocycles. The van der Waals surface area contributed by atoms with E-state index in [0.29, 0.717) is 28.3 Å². The first-order valence-electron chi connectivity index (χ1n) is 12.5. The lowest BCUT2D eigenvalue weighted by atomic mass is 10.00. The SMILES string of the molecule is CCOC(=O)[C@@H](Cc1cc2ccnc(N)c2cc1OC)N1CC[C@H](N(c2cnc(N(C)C)c(Cl)c2)[SH](=O)=O)C1=O. The van der Waals surface area contributed by atoms with Gasteiger partial charge in [-0.15, -0.1) is 0 Å². The van der Waals surface area contributed by atoms with Gasteiger partial charge in [-0.3, -0.25) is 9.10 Å². The van der Waals surface area contributed by atoms with Gasteiger partial charge in [0.2, 0.25) is 16.8 Å². The highest BCUT2D eigenvalue weighted by molar-refractivity contribution is 7.74. The Kier molecular flexibility index (Phi) is 8.84. The summed E-state index contributed by atoms with van der Waals surface area (Å²) in [5.41, 5.74) is 6.83. The van der Waals surface area contributed by atoms with Gasteiger partial charge in [0.25, 0.3) is 0 Å². The van der Waals surface area contributed by atoms with Crippen molar-refractivity contribution < 1.29 is 27.5 Å². The molecule has 4 rings (SSSR count). The minimum atomic E-state index is -3.23. The first-order valence-corrected chi connectivity index (χ1v) is 14.0. The first kappa shape index (κ1) is 29.2. The van der Waals surface area contributed by atoms with Crippen LogP contribution >= 0.6 is 11.6 Å². The van der Waals surface area contributed by atoms with Gasteiger partial charge in [-0.05, 0) is 48.6 Å². The lowest BCUT2D eigenvalue weighted by Gasteiger charge is -2.29. The van der Waals surface area contributed by atoms with Gasteiger partial charge in [-0.2, -0.15) is 0 Å². The summed E-state index contributed by atoms with van der Waals surface area (Å²) in [5, 5.41) is 1.71. The maximum absolute atomic E-state index is 13.7. The molecule has 1 fully saturated rings. The molecule has 1 aromatic carbocycles. The van der Waals surface area contributed by atoms with Crippen LogP contribution in [0.5, 0.6) is 5.75 Å². The van der Waals surface area contributed by atoms with E-state index >= 15 is 0 Å². The molecular formula is C26H31ClN6O6S. The highest BCUT2D eigenvalue weighted by Crippen LogP contribution is 2.33. The van der Waals surface area contributed by atoms with Crippen molar-refractivity contribution in [2.24, 2.45) is 0 Å².